The van der Waals surface area contributed by atoms with Crippen LogP contribution in [-0.4, -0.2) is 43.7 Å². The van der Waals surface area contributed by atoms with Crippen molar-refractivity contribution in [3.05, 3.63) is 41.1 Å². The SMILES string of the molecule is COCCNC(=O)COC(=O)c1c(C)nc2ccccc2c1C. The lowest BCUT2D eigenvalue weighted by atomic mass is 10.0. The van der Waals surface area contributed by atoms with E-state index in [1.54, 1.807) is 14.0 Å². The minimum Gasteiger partial charge on any atom is -0.452 e. The standard InChI is InChI=1S/C17H20N2O4/c1-11-13-6-4-5-7-14(13)19-12(2)16(11)17(21)23-10-15(20)18-8-9-22-3/h4-7H,8-10H2,1-3H3,(H,18,20). The number of methoxy groups -OCH3 is 1. The lowest BCUT2D eigenvalue weighted by molar-refractivity contribution is -0.124. The fourth-order valence-electron chi connectivity index (χ4n) is 2.38. The molecule has 0 aliphatic heterocycles. The van der Waals surface area contributed by atoms with Gasteiger partial charge in [0, 0.05) is 19.0 Å². The summed E-state index contributed by atoms with van der Waals surface area (Å²) in [6, 6.07) is 7.60. The highest BCUT2D eigenvalue weighted by molar-refractivity contribution is 5.99. The predicted molar refractivity (Wildman–Crippen MR) is 86.4 cm³/mol. The smallest absolute Gasteiger partial charge is 0.340 e. The Morgan fingerprint density at radius 2 is 1.96 bits per heavy atom. The van der Waals surface area contributed by atoms with E-state index in [2.05, 4.69) is 10.3 Å². The van der Waals surface area contributed by atoms with Crippen molar-refractivity contribution in [3.8, 4) is 0 Å². The number of aromatic nitrogens is 1. The van der Waals surface area contributed by atoms with Gasteiger partial charge in [0.15, 0.2) is 6.61 Å². The summed E-state index contributed by atoms with van der Waals surface area (Å²) in [6.07, 6.45) is 0. The van der Waals surface area contributed by atoms with Crippen molar-refractivity contribution in [1.29, 1.82) is 0 Å². The van der Waals surface area contributed by atoms with Gasteiger partial charge in [-0.15, -0.1) is 0 Å². The van der Waals surface area contributed by atoms with Crippen LogP contribution < -0.4 is 5.32 Å². The summed E-state index contributed by atoms with van der Waals surface area (Å²) < 4.78 is 9.93. The molecule has 23 heavy (non-hydrogen) atoms. The number of para-hydroxylation sites is 1. The number of amides is 1. The molecule has 0 saturated carbocycles. The van der Waals surface area contributed by atoms with Crippen molar-refractivity contribution in [2.75, 3.05) is 26.9 Å². The molecule has 0 atom stereocenters. The molecule has 0 saturated heterocycles. The maximum absolute atomic E-state index is 12.3. The molecule has 1 heterocycles. The summed E-state index contributed by atoms with van der Waals surface area (Å²) in [6.45, 7) is 4.07. The second kappa shape index (κ2) is 7.69. The molecule has 6 heteroatoms. The van der Waals surface area contributed by atoms with E-state index >= 15 is 0 Å². The molecule has 0 spiro atoms. The van der Waals surface area contributed by atoms with E-state index in [1.165, 1.54) is 0 Å². The average molecular weight is 316 g/mol. The molecule has 122 valence electrons. The molecule has 6 nitrogen and oxygen atoms in total. The van der Waals surface area contributed by atoms with Crippen LogP contribution in [0.2, 0.25) is 0 Å². The highest BCUT2D eigenvalue weighted by atomic mass is 16.5. The Labute approximate surface area is 134 Å². The van der Waals surface area contributed by atoms with Gasteiger partial charge in [-0.05, 0) is 25.5 Å². The lowest BCUT2D eigenvalue weighted by Gasteiger charge is -2.12. The van der Waals surface area contributed by atoms with E-state index in [1.807, 2.05) is 31.2 Å². The molecular formula is C17H20N2O4. The van der Waals surface area contributed by atoms with Crippen LogP contribution in [0.1, 0.15) is 21.6 Å². The van der Waals surface area contributed by atoms with Crippen molar-refractivity contribution < 1.29 is 19.1 Å². The predicted octanol–water partition coefficient (Wildman–Crippen LogP) is 1.77. The first-order chi connectivity index (χ1) is 11.0. The Balaban J connectivity index is 2.10. The number of nitrogens with zero attached hydrogens (tertiary/aromatic N) is 1. The number of carbonyl (C=O) groups excluding carboxylic acids is 2. The zero-order valence-electron chi connectivity index (χ0n) is 13.5. The number of ether oxygens (including phenoxy) is 2. The summed E-state index contributed by atoms with van der Waals surface area (Å²) in [4.78, 5) is 28.3. The molecule has 1 aromatic carbocycles. The molecule has 0 bridgehead atoms. The molecule has 2 aromatic rings. The maximum Gasteiger partial charge on any atom is 0.340 e. The zero-order chi connectivity index (χ0) is 16.8. The number of fused-ring (bicyclic) bond motifs is 1. The summed E-state index contributed by atoms with van der Waals surface area (Å²) in [5.41, 5.74) is 2.63. The Kier molecular flexibility index (Phi) is 5.65. The molecule has 0 aliphatic rings. The zero-order valence-corrected chi connectivity index (χ0v) is 13.5. The van der Waals surface area contributed by atoms with E-state index in [0.717, 1.165) is 16.5 Å². The van der Waals surface area contributed by atoms with Crippen molar-refractivity contribution in [2.24, 2.45) is 0 Å². The van der Waals surface area contributed by atoms with Gasteiger partial charge in [-0.3, -0.25) is 9.78 Å². The van der Waals surface area contributed by atoms with Crippen LogP contribution in [0.4, 0.5) is 0 Å². The number of pyridine rings is 1. The van der Waals surface area contributed by atoms with Gasteiger partial charge in [0.2, 0.25) is 0 Å². The molecule has 2 rings (SSSR count). The van der Waals surface area contributed by atoms with Gasteiger partial charge in [0.1, 0.15) is 0 Å². The Hall–Kier alpha value is -2.47. The molecular weight excluding hydrogens is 296 g/mol. The Bertz CT molecular complexity index is 728. The van der Waals surface area contributed by atoms with Crippen LogP contribution in [-0.2, 0) is 14.3 Å². The molecule has 0 radical (unpaired) electrons. The van der Waals surface area contributed by atoms with Crippen LogP contribution in [0.5, 0.6) is 0 Å². The topological polar surface area (TPSA) is 77.5 Å². The first-order valence-corrected chi connectivity index (χ1v) is 7.33. The van der Waals surface area contributed by atoms with Crippen LogP contribution in [0.15, 0.2) is 24.3 Å². The average Bonchev–Trinajstić information content (AvgIpc) is 2.53. The summed E-state index contributed by atoms with van der Waals surface area (Å²) >= 11 is 0. The van der Waals surface area contributed by atoms with Crippen molar-refractivity contribution in [3.63, 3.8) is 0 Å². The molecule has 1 amide bonds. The Morgan fingerprint density at radius 1 is 1.22 bits per heavy atom. The number of aryl methyl sites for hydroxylation is 2. The van der Waals surface area contributed by atoms with Gasteiger partial charge in [-0.1, -0.05) is 18.2 Å². The third kappa shape index (κ3) is 4.04. The first kappa shape index (κ1) is 16.9. The van der Waals surface area contributed by atoms with Crippen LogP contribution >= 0.6 is 0 Å². The minimum atomic E-state index is -0.542. The summed E-state index contributed by atoms with van der Waals surface area (Å²) in [5.74, 6) is -0.903. The van der Waals surface area contributed by atoms with Crippen molar-refractivity contribution in [2.45, 2.75) is 13.8 Å². The lowest BCUT2D eigenvalue weighted by Crippen LogP contribution is -2.31. The number of benzene rings is 1. The number of hydrogen-bond donors (Lipinski definition) is 1. The van der Waals surface area contributed by atoms with Gasteiger partial charge in [-0.2, -0.15) is 0 Å². The third-order valence-electron chi connectivity index (χ3n) is 3.50. The number of hydrogen-bond acceptors (Lipinski definition) is 5. The van der Waals surface area contributed by atoms with Gasteiger partial charge in [-0.25, -0.2) is 4.79 Å². The third-order valence-corrected chi connectivity index (χ3v) is 3.50. The van der Waals surface area contributed by atoms with E-state index in [0.29, 0.717) is 24.4 Å². The fraction of sp³-hybridized carbons (Fsp3) is 0.353. The molecule has 0 aliphatic carbocycles. The van der Waals surface area contributed by atoms with E-state index in [-0.39, 0.29) is 12.5 Å². The second-order valence-corrected chi connectivity index (χ2v) is 5.13. The molecule has 0 unspecified atom stereocenters. The summed E-state index contributed by atoms with van der Waals surface area (Å²) in [5, 5.41) is 3.49. The number of esters is 1. The van der Waals surface area contributed by atoms with Gasteiger partial charge in [0.05, 0.1) is 23.4 Å². The quantitative estimate of drug-likeness (QED) is 0.649. The molecule has 1 aromatic heterocycles. The van der Waals surface area contributed by atoms with Crippen molar-refractivity contribution >= 4 is 22.8 Å². The van der Waals surface area contributed by atoms with Crippen LogP contribution in [0.3, 0.4) is 0 Å². The number of carbonyl (C=O) groups is 2. The van der Waals surface area contributed by atoms with Crippen LogP contribution in [0, 0.1) is 13.8 Å². The van der Waals surface area contributed by atoms with Crippen LogP contribution in [0.25, 0.3) is 10.9 Å². The Morgan fingerprint density at radius 3 is 2.70 bits per heavy atom. The maximum atomic E-state index is 12.3. The van der Waals surface area contributed by atoms with Gasteiger partial charge in [0.25, 0.3) is 5.91 Å². The monoisotopic (exact) mass is 316 g/mol. The van der Waals surface area contributed by atoms with E-state index in [9.17, 15) is 9.59 Å². The normalized spacial score (nSPS) is 10.6. The van der Waals surface area contributed by atoms with Gasteiger partial charge >= 0.3 is 5.97 Å². The molecule has 0 fully saturated rings. The largest absolute Gasteiger partial charge is 0.452 e. The fourth-order valence-corrected chi connectivity index (χ4v) is 2.38. The van der Waals surface area contributed by atoms with E-state index in [4.69, 9.17) is 9.47 Å². The van der Waals surface area contributed by atoms with Crippen molar-refractivity contribution in [1.82, 2.24) is 10.3 Å². The number of rotatable bonds is 6. The van der Waals surface area contributed by atoms with Gasteiger partial charge < -0.3 is 14.8 Å². The number of nitrogens with one attached hydrogen (secondary N) is 1. The first-order valence-electron chi connectivity index (χ1n) is 7.33. The minimum absolute atomic E-state index is 0.325. The highest BCUT2D eigenvalue weighted by Crippen LogP contribution is 2.23. The van der Waals surface area contributed by atoms with E-state index < -0.39 is 5.97 Å². The highest BCUT2D eigenvalue weighted by Gasteiger charge is 2.18. The second-order valence-electron chi connectivity index (χ2n) is 5.13. The molecule has 1 N–H and O–H groups in total. The summed E-state index contributed by atoms with van der Waals surface area (Å²) in [7, 11) is 1.55.